The number of likely N-dealkylation sites (tertiary alicyclic amines) is 1. The van der Waals surface area contributed by atoms with Crippen molar-refractivity contribution in [2.75, 3.05) is 52.5 Å². The van der Waals surface area contributed by atoms with Gasteiger partial charge in [-0.2, -0.15) is 4.98 Å². The molecule has 0 bridgehead atoms. The number of halogens is 1. The SMILES string of the molecule is CCNC(=NCc1nc(-c2ccc(Cl)cc2)no1)N1CCC(CN2CCOCC2)C1. The van der Waals surface area contributed by atoms with Gasteiger partial charge in [0.1, 0.15) is 6.54 Å². The van der Waals surface area contributed by atoms with Gasteiger partial charge in [-0.15, -0.1) is 0 Å². The van der Waals surface area contributed by atoms with Crippen molar-refractivity contribution in [3.8, 4) is 11.4 Å². The number of nitrogens with one attached hydrogen (secondary N) is 1. The van der Waals surface area contributed by atoms with Gasteiger partial charge in [-0.05, 0) is 43.5 Å². The largest absolute Gasteiger partial charge is 0.379 e. The van der Waals surface area contributed by atoms with Gasteiger partial charge in [0.25, 0.3) is 0 Å². The molecule has 162 valence electrons. The normalized spacial score (nSPS) is 20.7. The fraction of sp³-hybridized carbons (Fsp3) is 0.571. The molecule has 2 aromatic rings. The van der Waals surface area contributed by atoms with Gasteiger partial charge >= 0.3 is 0 Å². The van der Waals surface area contributed by atoms with Crippen LogP contribution in [0, 0.1) is 5.92 Å². The number of guanidine groups is 1. The van der Waals surface area contributed by atoms with E-state index in [1.165, 1.54) is 6.42 Å². The van der Waals surface area contributed by atoms with E-state index in [2.05, 4.69) is 32.2 Å². The number of rotatable bonds is 6. The first kappa shape index (κ1) is 21.1. The van der Waals surface area contributed by atoms with Crippen LogP contribution in [-0.4, -0.2) is 78.4 Å². The number of nitrogens with zero attached hydrogens (tertiary/aromatic N) is 5. The van der Waals surface area contributed by atoms with Crippen LogP contribution in [0.15, 0.2) is 33.8 Å². The standard InChI is InChI=1S/C21H29ClN6O2/c1-2-23-21(28-8-7-16(15-28)14-27-9-11-29-12-10-27)24-13-19-25-20(26-30-19)17-3-5-18(22)6-4-17/h3-6,16H,2,7-15H2,1H3,(H,23,24). The lowest BCUT2D eigenvalue weighted by atomic mass is 10.1. The summed E-state index contributed by atoms with van der Waals surface area (Å²) in [6, 6.07) is 7.39. The second-order valence-corrected chi connectivity index (χ2v) is 8.14. The molecule has 2 aliphatic heterocycles. The molecule has 0 aliphatic carbocycles. The monoisotopic (exact) mass is 432 g/mol. The van der Waals surface area contributed by atoms with Crippen LogP contribution in [0.3, 0.4) is 0 Å². The molecular formula is C21H29ClN6O2. The van der Waals surface area contributed by atoms with E-state index in [0.717, 1.165) is 64.0 Å². The molecule has 1 aromatic carbocycles. The zero-order valence-corrected chi connectivity index (χ0v) is 18.1. The van der Waals surface area contributed by atoms with E-state index in [0.29, 0.717) is 29.2 Å². The highest BCUT2D eigenvalue weighted by Crippen LogP contribution is 2.20. The second kappa shape index (κ2) is 10.2. The minimum absolute atomic E-state index is 0.355. The maximum absolute atomic E-state index is 5.94. The van der Waals surface area contributed by atoms with Gasteiger partial charge < -0.3 is 19.5 Å². The second-order valence-electron chi connectivity index (χ2n) is 7.70. The Hall–Kier alpha value is -2.16. The number of ether oxygens (including phenoxy) is 1. The molecule has 0 spiro atoms. The van der Waals surface area contributed by atoms with E-state index in [9.17, 15) is 0 Å². The minimum atomic E-state index is 0.355. The summed E-state index contributed by atoms with van der Waals surface area (Å²) in [5, 5.41) is 8.15. The number of benzene rings is 1. The molecular weight excluding hydrogens is 404 g/mol. The molecule has 2 saturated heterocycles. The minimum Gasteiger partial charge on any atom is -0.379 e. The van der Waals surface area contributed by atoms with Crippen molar-refractivity contribution in [3.63, 3.8) is 0 Å². The summed E-state index contributed by atoms with van der Waals surface area (Å²) in [5.41, 5.74) is 0.871. The van der Waals surface area contributed by atoms with Gasteiger partial charge in [-0.3, -0.25) is 4.90 Å². The molecule has 30 heavy (non-hydrogen) atoms. The Labute approximate surface area is 182 Å². The zero-order valence-electron chi connectivity index (χ0n) is 17.4. The first-order valence-electron chi connectivity index (χ1n) is 10.6. The van der Waals surface area contributed by atoms with Crippen LogP contribution in [0.5, 0.6) is 0 Å². The highest BCUT2D eigenvalue weighted by Gasteiger charge is 2.27. The van der Waals surface area contributed by atoms with Gasteiger partial charge in [0.2, 0.25) is 11.7 Å². The smallest absolute Gasteiger partial charge is 0.248 e. The molecule has 0 radical (unpaired) electrons. The third kappa shape index (κ3) is 5.50. The van der Waals surface area contributed by atoms with Crippen molar-refractivity contribution in [1.82, 2.24) is 25.3 Å². The van der Waals surface area contributed by atoms with Crippen LogP contribution in [0.25, 0.3) is 11.4 Å². The fourth-order valence-corrected chi connectivity index (χ4v) is 4.05. The maximum Gasteiger partial charge on any atom is 0.248 e. The summed E-state index contributed by atoms with van der Waals surface area (Å²) in [4.78, 5) is 14.1. The zero-order chi connectivity index (χ0) is 20.8. The van der Waals surface area contributed by atoms with E-state index < -0.39 is 0 Å². The molecule has 1 aromatic heterocycles. The van der Waals surface area contributed by atoms with Crippen LogP contribution in [0.4, 0.5) is 0 Å². The summed E-state index contributed by atoms with van der Waals surface area (Å²) >= 11 is 5.94. The van der Waals surface area contributed by atoms with Crippen molar-refractivity contribution >= 4 is 17.6 Å². The van der Waals surface area contributed by atoms with Crippen molar-refractivity contribution in [3.05, 3.63) is 35.2 Å². The molecule has 1 unspecified atom stereocenters. The molecule has 9 heteroatoms. The highest BCUT2D eigenvalue weighted by atomic mass is 35.5. The Kier molecular flexibility index (Phi) is 7.20. The topological polar surface area (TPSA) is 79.0 Å². The summed E-state index contributed by atoms with van der Waals surface area (Å²) in [7, 11) is 0. The van der Waals surface area contributed by atoms with E-state index >= 15 is 0 Å². The molecule has 1 atom stereocenters. The molecule has 2 fully saturated rings. The number of hydrogen-bond acceptors (Lipinski definition) is 6. The molecule has 8 nitrogen and oxygen atoms in total. The molecule has 1 N–H and O–H groups in total. The molecule has 3 heterocycles. The quantitative estimate of drug-likeness (QED) is 0.555. The first-order valence-corrected chi connectivity index (χ1v) is 11.0. The van der Waals surface area contributed by atoms with Gasteiger partial charge in [0.15, 0.2) is 5.96 Å². The van der Waals surface area contributed by atoms with Crippen LogP contribution in [-0.2, 0) is 11.3 Å². The Morgan fingerprint density at radius 1 is 1.23 bits per heavy atom. The number of aromatic nitrogens is 2. The Morgan fingerprint density at radius 2 is 2.03 bits per heavy atom. The summed E-state index contributed by atoms with van der Waals surface area (Å²) in [5.74, 6) is 2.62. The molecule has 4 rings (SSSR count). The van der Waals surface area contributed by atoms with Crippen molar-refractivity contribution < 1.29 is 9.26 Å². The van der Waals surface area contributed by atoms with Crippen LogP contribution in [0.2, 0.25) is 5.02 Å². The molecule has 2 aliphatic rings. The van der Waals surface area contributed by atoms with Crippen LogP contribution >= 0.6 is 11.6 Å². The first-order chi connectivity index (χ1) is 14.7. The van der Waals surface area contributed by atoms with Crippen LogP contribution < -0.4 is 5.32 Å². The summed E-state index contributed by atoms with van der Waals surface area (Å²) in [6.45, 7) is 10.2. The van der Waals surface area contributed by atoms with Crippen molar-refractivity contribution in [2.45, 2.75) is 19.9 Å². The van der Waals surface area contributed by atoms with E-state index in [1.54, 1.807) is 0 Å². The predicted molar refractivity (Wildman–Crippen MR) is 116 cm³/mol. The van der Waals surface area contributed by atoms with E-state index in [1.807, 2.05) is 24.3 Å². The Balaban J connectivity index is 1.35. The van der Waals surface area contributed by atoms with Gasteiger partial charge in [-0.1, -0.05) is 16.8 Å². The van der Waals surface area contributed by atoms with Gasteiger partial charge in [0.05, 0.1) is 13.2 Å². The Morgan fingerprint density at radius 3 is 2.80 bits per heavy atom. The van der Waals surface area contributed by atoms with Crippen molar-refractivity contribution in [1.29, 1.82) is 0 Å². The summed E-state index contributed by atoms with van der Waals surface area (Å²) < 4.78 is 10.9. The third-order valence-corrected chi connectivity index (χ3v) is 5.73. The fourth-order valence-electron chi connectivity index (χ4n) is 3.93. The van der Waals surface area contributed by atoms with Crippen molar-refractivity contribution in [2.24, 2.45) is 10.9 Å². The summed E-state index contributed by atoms with van der Waals surface area (Å²) in [6.07, 6.45) is 1.18. The average molecular weight is 433 g/mol. The lowest BCUT2D eigenvalue weighted by molar-refractivity contribution is 0.0315. The lowest BCUT2D eigenvalue weighted by Crippen LogP contribution is -2.42. The molecule has 0 saturated carbocycles. The predicted octanol–water partition coefficient (Wildman–Crippen LogP) is 2.51. The van der Waals surface area contributed by atoms with E-state index in [-0.39, 0.29) is 0 Å². The third-order valence-electron chi connectivity index (χ3n) is 5.47. The number of aliphatic imine (C=N–C) groups is 1. The lowest BCUT2D eigenvalue weighted by Gasteiger charge is -2.29. The number of morpholine rings is 1. The van der Waals surface area contributed by atoms with Crippen LogP contribution in [0.1, 0.15) is 19.2 Å². The van der Waals surface area contributed by atoms with Gasteiger partial charge in [-0.25, -0.2) is 4.99 Å². The Bertz CT molecular complexity index is 834. The average Bonchev–Trinajstić information content (AvgIpc) is 3.42. The van der Waals surface area contributed by atoms with E-state index in [4.69, 9.17) is 25.9 Å². The van der Waals surface area contributed by atoms with Gasteiger partial charge in [0, 0.05) is 49.9 Å². The maximum atomic E-state index is 5.94. The molecule has 0 amide bonds. The highest BCUT2D eigenvalue weighted by molar-refractivity contribution is 6.30. The number of hydrogen-bond donors (Lipinski definition) is 1.